The SMILES string of the molecule is Cc1c(C#N)c(N)nc(SCC(=O)Nc2ccc(F)c(Cl)c2)c1C#N. The molecule has 3 N–H and O–H groups in total. The Balaban J connectivity index is 2.13. The van der Waals surface area contributed by atoms with Crippen molar-refractivity contribution < 1.29 is 9.18 Å². The quantitative estimate of drug-likeness (QED) is 0.792. The second-order valence-electron chi connectivity index (χ2n) is 4.87. The van der Waals surface area contributed by atoms with Gasteiger partial charge in [-0.3, -0.25) is 4.79 Å². The minimum atomic E-state index is -0.583. The molecule has 126 valence electrons. The molecule has 0 unspecified atom stereocenters. The molecule has 0 aliphatic carbocycles. The number of halogens is 2. The molecule has 0 fully saturated rings. The number of carbonyl (C=O) groups is 1. The van der Waals surface area contributed by atoms with E-state index in [1.165, 1.54) is 12.1 Å². The summed E-state index contributed by atoms with van der Waals surface area (Å²) in [6.45, 7) is 1.60. The second-order valence-corrected chi connectivity index (χ2v) is 6.24. The first-order valence-electron chi connectivity index (χ1n) is 6.85. The fourth-order valence-electron chi connectivity index (χ4n) is 1.98. The predicted molar refractivity (Wildman–Crippen MR) is 93.6 cm³/mol. The van der Waals surface area contributed by atoms with Crippen LogP contribution in [-0.4, -0.2) is 16.6 Å². The van der Waals surface area contributed by atoms with Crippen LogP contribution in [0.25, 0.3) is 0 Å². The minimum Gasteiger partial charge on any atom is -0.383 e. The molecule has 1 aromatic carbocycles. The van der Waals surface area contributed by atoms with E-state index < -0.39 is 5.82 Å². The van der Waals surface area contributed by atoms with Crippen molar-refractivity contribution in [1.82, 2.24) is 4.98 Å². The van der Waals surface area contributed by atoms with Crippen molar-refractivity contribution in [2.24, 2.45) is 0 Å². The highest BCUT2D eigenvalue weighted by Gasteiger charge is 2.17. The number of nitriles is 2. The van der Waals surface area contributed by atoms with Gasteiger partial charge in [0.1, 0.15) is 28.8 Å². The van der Waals surface area contributed by atoms with Crippen molar-refractivity contribution in [3.63, 3.8) is 0 Å². The van der Waals surface area contributed by atoms with E-state index in [9.17, 15) is 14.4 Å². The lowest BCUT2D eigenvalue weighted by Gasteiger charge is -2.10. The molecular formula is C16H11ClFN5OS. The van der Waals surface area contributed by atoms with Gasteiger partial charge in [-0.05, 0) is 30.7 Å². The molecule has 1 amide bonds. The van der Waals surface area contributed by atoms with E-state index in [1.807, 2.05) is 12.1 Å². The normalized spacial score (nSPS) is 9.96. The zero-order valence-electron chi connectivity index (χ0n) is 12.9. The van der Waals surface area contributed by atoms with E-state index in [1.54, 1.807) is 6.92 Å². The highest BCUT2D eigenvalue weighted by atomic mass is 35.5. The highest BCUT2D eigenvalue weighted by molar-refractivity contribution is 8.00. The zero-order chi connectivity index (χ0) is 18.6. The lowest BCUT2D eigenvalue weighted by Crippen LogP contribution is -2.14. The molecule has 0 saturated heterocycles. The Labute approximate surface area is 152 Å². The maximum absolute atomic E-state index is 13.1. The zero-order valence-corrected chi connectivity index (χ0v) is 14.5. The van der Waals surface area contributed by atoms with E-state index in [2.05, 4.69) is 10.3 Å². The van der Waals surface area contributed by atoms with Crippen molar-refractivity contribution in [1.29, 1.82) is 10.5 Å². The molecule has 0 aliphatic heterocycles. The van der Waals surface area contributed by atoms with Gasteiger partial charge < -0.3 is 11.1 Å². The summed E-state index contributed by atoms with van der Waals surface area (Å²) in [7, 11) is 0. The van der Waals surface area contributed by atoms with Gasteiger partial charge >= 0.3 is 0 Å². The number of thioether (sulfide) groups is 1. The van der Waals surface area contributed by atoms with Gasteiger partial charge in [0.05, 0.1) is 21.9 Å². The van der Waals surface area contributed by atoms with E-state index in [0.717, 1.165) is 17.8 Å². The Morgan fingerprint density at radius 1 is 1.40 bits per heavy atom. The van der Waals surface area contributed by atoms with Crippen LogP contribution in [0.1, 0.15) is 16.7 Å². The molecule has 0 aliphatic rings. The molecule has 25 heavy (non-hydrogen) atoms. The molecule has 6 nitrogen and oxygen atoms in total. The Hall–Kier alpha value is -2.81. The number of hydrogen-bond acceptors (Lipinski definition) is 6. The molecule has 0 atom stereocenters. The molecule has 2 rings (SSSR count). The van der Waals surface area contributed by atoms with Gasteiger partial charge in [0.15, 0.2) is 0 Å². The summed E-state index contributed by atoms with van der Waals surface area (Å²) in [6.07, 6.45) is 0. The van der Waals surface area contributed by atoms with Crippen LogP contribution in [-0.2, 0) is 4.79 Å². The monoisotopic (exact) mass is 375 g/mol. The first kappa shape index (κ1) is 18.5. The van der Waals surface area contributed by atoms with Gasteiger partial charge in [0.25, 0.3) is 0 Å². The molecule has 0 saturated carbocycles. The number of aromatic nitrogens is 1. The van der Waals surface area contributed by atoms with Gasteiger partial charge in [0, 0.05) is 5.69 Å². The molecule has 0 radical (unpaired) electrons. The molecule has 0 spiro atoms. The first-order chi connectivity index (χ1) is 11.9. The topological polar surface area (TPSA) is 116 Å². The molecular weight excluding hydrogens is 365 g/mol. The lowest BCUT2D eigenvalue weighted by atomic mass is 10.1. The number of rotatable bonds is 4. The van der Waals surface area contributed by atoms with Crippen molar-refractivity contribution >= 4 is 40.8 Å². The summed E-state index contributed by atoms with van der Waals surface area (Å²) < 4.78 is 13.1. The Bertz CT molecular complexity index is 936. The van der Waals surface area contributed by atoms with Crippen LogP contribution in [0.5, 0.6) is 0 Å². The maximum atomic E-state index is 13.1. The van der Waals surface area contributed by atoms with Crippen LogP contribution in [0.3, 0.4) is 0 Å². The summed E-state index contributed by atoms with van der Waals surface area (Å²) in [6, 6.07) is 7.69. The van der Waals surface area contributed by atoms with Gasteiger partial charge in [-0.2, -0.15) is 10.5 Å². The summed E-state index contributed by atoms with van der Waals surface area (Å²) in [4.78, 5) is 16.0. The van der Waals surface area contributed by atoms with E-state index >= 15 is 0 Å². The smallest absolute Gasteiger partial charge is 0.234 e. The first-order valence-corrected chi connectivity index (χ1v) is 8.21. The molecule has 0 bridgehead atoms. The second kappa shape index (κ2) is 7.84. The van der Waals surface area contributed by atoms with Gasteiger partial charge in [-0.1, -0.05) is 23.4 Å². The average molecular weight is 376 g/mol. The summed E-state index contributed by atoms with van der Waals surface area (Å²) >= 11 is 6.67. The number of pyridine rings is 1. The van der Waals surface area contributed by atoms with Crippen molar-refractivity contribution in [3.8, 4) is 12.1 Å². The summed E-state index contributed by atoms with van der Waals surface area (Å²) in [5.74, 6) is -1.02. The summed E-state index contributed by atoms with van der Waals surface area (Å²) in [5, 5.41) is 21.0. The summed E-state index contributed by atoms with van der Waals surface area (Å²) in [5.41, 5.74) is 6.83. The Morgan fingerprint density at radius 2 is 2.08 bits per heavy atom. The molecule has 1 aromatic heterocycles. The number of nitrogens with two attached hydrogens (primary N) is 1. The van der Waals surface area contributed by atoms with Gasteiger partial charge in [-0.15, -0.1) is 0 Å². The number of hydrogen-bond donors (Lipinski definition) is 2. The van der Waals surface area contributed by atoms with Crippen molar-refractivity contribution in [2.75, 3.05) is 16.8 Å². The fourth-order valence-corrected chi connectivity index (χ4v) is 3.01. The number of nitrogen functional groups attached to an aromatic ring is 1. The van der Waals surface area contributed by atoms with Gasteiger partial charge in [0.2, 0.25) is 5.91 Å². The number of nitrogens with one attached hydrogen (secondary N) is 1. The number of carbonyl (C=O) groups excluding carboxylic acids is 1. The average Bonchev–Trinajstić information content (AvgIpc) is 2.56. The minimum absolute atomic E-state index is 0.00669. The molecule has 1 heterocycles. The standard InChI is InChI=1S/C16H11ClFN5OS/c1-8-10(5-19)15(21)23-16(11(8)6-20)25-7-14(24)22-9-2-3-13(18)12(17)4-9/h2-4H,7H2,1H3,(H2,21,23)(H,22,24). The van der Waals surface area contributed by atoms with Crippen molar-refractivity contribution in [2.45, 2.75) is 11.9 Å². The van der Waals surface area contributed by atoms with Gasteiger partial charge in [-0.25, -0.2) is 9.37 Å². The van der Waals surface area contributed by atoms with Crippen molar-refractivity contribution in [3.05, 3.63) is 45.7 Å². The van der Waals surface area contributed by atoms with Crippen LogP contribution >= 0.6 is 23.4 Å². The van der Waals surface area contributed by atoms with Crippen LogP contribution in [0.15, 0.2) is 23.2 Å². The third-order valence-electron chi connectivity index (χ3n) is 3.21. The molecule has 2 aromatic rings. The largest absolute Gasteiger partial charge is 0.383 e. The van der Waals surface area contributed by atoms with Crippen LogP contribution < -0.4 is 11.1 Å². The van der Waals surface area contributed by atoms with Crippen LogP contribution in [0.4, 0.5) is 15.9 Å². The number of amides is 1. The maximum Gasteiger partial charge on any atom is 0.234 e. The number of benzene rings is 1. The predicted octanol–water partition coefficient (Wildman–Crippen LogP) is 3.24. The van der Waals surface area contributed by atoms with E-state index in [-0.39, 0.29) is 38.7 Å². The van der Waals surface area contributed by atoms with E-state index in [4.69, 9.17) is 22.6 Å². The highest BCUT2D eigenvalue weighted by Crippen LogP contribution is 2.28. The van der Waals surface area contributed by atoms with Crippen LogP contribution in [0.2, 0.25) is 5.02 Å². The lowest BCUT2D eigenvalue weighted by molar-refractivity contribution is -0.113. The third kappa shape index (κ3) is 4.18. The number of nitrogens with zero attached hydrogens (tertiary/aromatic N) is 3. The third-order valence-corrected chi connectivity index (χ3v) is 4.47. The fraction of sp³-hybridized carbons (Fsp3) is 0.125. The number of anilines is 2. The Morgan fingerprint density at radius 3 is 2.68 bits per heavy atom. The molecule has 9 heteroatoms. The van der Waals surface area contributed by atoms with Crippen LogP contribution in [0, 0.1) is 35.4 Å². The Kier molecular flexibility index (Phi) is 5.81. The van der Waals surface area contributed by atoms with E-state index in [0.29, 0.717) is 11.3 Å².